The van der Waals surface area contributed by atoms with Crippen LogP contribution in [0.5, 0.6) is 0 Å². The van der Waals surface area contributed by atoms with Gasteiger partial charge >= 0.3 is 0 Å². The van der Waals surface area contributed by atoms with Gasteiger partial charge < -0.3 is 5.32 Å². The van der Waals surface area contributed by atoms with E-state index in [0.717, 1.165) is 10.5 Å². The Bertz CT molecular complexity index is 549. The topological polar surface area (TPSA) is 29.1 Å². The van der Waals surface area contributed by atoms with E-state index in [0.29, 0.717) is 17.3 Å². The van der Waals surface area contributed by atoms with E-state index in [1.54, 1.807) is 0 Å². The van der Waals surface area contributed by atoms with Crippen molar-refractivity contribution >= 4 is 29.3 Å². The van der Waals surface area contributed by atoms with Crippen molar-refractivity contribution in [1.29, 1.82) is 0 Å². The van der Waals surface area contributed by atoms with E-state index in [1.807, 2.05) is 55.5 Å². The average molecular weight is 306 g/mol. The Hall–Kier alpha value is -1.45. The second kappa shape index (κ2) is 7.36. The van der Waals surface area contributed by atoms with Gasteiger partial charge in [-0.3, -0.25) is 4.79 Å². The van der Waals surface area contributed by atoms with Crippen molar-refractivity contribution in [2.45, 2.75) is 18.4 Å². The van der Waals surface area contributed by atoms with Gasteiger partial charge in [-0.05, 0) is 30.2 Å². The van der Waals surface area contributed by atoms with Crippen LogP contribution >= 0.6 is 23.4 Å². The smallest absolute Gasteiger partial charge is 0.230 e. The molecule has 0 atom stereocenters. The Labute approximate surface area is 128 Å². The number of benzene rings is 2. The summed E-state index contributed by atoms with van der Waals surface area (Å²) in [6.07, 6.45) is 0. The van der Waals surface area contributed by atoms with Gasteiger partial charge in [-0.15, -0.1) is 11.8 Å². The van der Waals surface area contributed by atoms with Crippen molar-refractivity contribution in [2.75, 3.05) is 5.75 Å². The van der Waals surface area contributed by atoms with E-state index in [1.165, 1.54) is 17.3 Å². The molecule has 0 aliphatic rings. The van der Waals surface area contributed by atoms with Gasteiger partial charge in [-0.1, -0.05) is 48.0 Å². The summed E-state index contributed by atoms with van der Waals surface area (Å²) in [5.41, 5.74) is 2.33. The largest absolute Gasteiger partial charge is 0.351 e. The second-order valence-electron chi connectivity index (χ2n) is 4.42. The molecule has 20 heavy (non-hydrogen) atoms. The molecule has 104 valence electrons. The van der Waals surface area contributed by atoms with E-state index in [9.17, 15) is 4.79 Å². The fourth-order valence-corrected chi connectivity index (χ4v) is 2.83. The molecule has 0 aromatic heterocycles. The lowest BCUT2D eigenvalue weighted by Gasteiger charge is -2.08. The number of hydrogen-bond donors (Lipinski definition) is 1. The standard InChI is InChI=1S/C16H16ClNOS/c1-12-6-2-3-7-13(12)10-18-16(19)11-20-15-9-5-4-8-14(15)17/h2-9H,10-11H2,1H3,(H,18,19). The quantitative estimate of drug-likeness (QED) is 0.844. The van der Waals surface area contributed by atoms with E-state index >= 15 is 0 Å². The lowest BCUT2D eigenvalue weighted by Crippen LogP contribution is -2.24. The molecule has 0 unspecified atom stereocenters. The number of rotatable bonds is 5. The molecule has 1 amide bonds. The summed E-state index contributed by atoms with van der Waals surface area (Å²) < 4.78 is 0. The molecule has 2 aromatic rings. The number of carbonyl (C=O) groups excluding carboxylic acids is 1. The number of hydrogen-bond acceptors (Lipinski definition) is 2. The molecule has 2 rings (SSSR count). The third kappa shape index (κ3) is 4.29. The number of thioether (sulfide) groups is 1. The van der Waals surface area contributed by atoms with Gasteiger partial charge in [-0.2, -0.15) is 0 Å². The van der Waals surface area contributed by atoms with Crippen LogP contribution in [0.4, 0.5) is 0 Å². The molecule has 2 aromatic carbocycles. The summed E-state index contributed by atoms with van der Waals surface area (Å²) in [4.78, 5) is 12.8. The third-order valence-corrected chi connectivity index (χ3v) is 4.45. The van der Waals surface area contributed by atoms with Crippen molar-refractivity contribution in [3.05, 3.63) is 64.7 Å². The van der Waals surface area contributed by atoms with Crippen LogP contribution in [0, 0.1) is 6.92 Å². The number of nitrogens with one attached hydrogen (secondary N) is 1. The lowest BCUT2D eigenvalue weighted by atomic mass is 10.1. The highest BCUT2D eigenvalue weighted by Crippen LogP contribution is 2.26. The first-order valence-corrected chi connectivity index (χ1v) is 7.71. The Morgan fingerprint density at radius 3 is 2.60 bits per heavy atom. The molecular formula is C16H16ClNOS. The molecule has 0 radical (unpaired) electrons. The molecule has 0 spiro atoms. The van der Waals surface area contributed by atoms with Crippen LogP contribution in [-0.4, -0.2) is 11.7 Å². The van der Waals surface area contributed by atoms with Gasteiger partial charge in [0.15, 0.2) is 0 Å². The monoisotopic (exact) mass is 305 g/mol. The van der Waals surface area contributed by atoms with E-state index in [2.05, 4.69) is 5.32 Å². The van der Waals surface area contributed by atoms with Crippen molar-refractivity contribution in [3.63, 3.8) is 0 Å². The first-order chi connectivity index (χ1) is 9.66. The number of carbonyl (C=O) groups is 1. The van der Waals surface area contributed by atoms with Gasteiger partial charge in [0.2, 0.25) is 5.91 Å². The summed E-state index contributed by atoms with van der Waals surface area (Å²) >= 11 is 7.50. The van der Waals surface area contributed by atoms with E-state index < -0.39 is 0 Å². The van der Waals surface area contributed by atoms with Crippen LogP contribution in [0.2, 0.25) is 5.02 Å². The lowest BCUT2D eigenvalue weighted by molar-refractivity contribution is -0.118. The summed E-state index contributed by atoms with van der Waals surface area (Å²) in [7, 11) is 0. The van der Waals surface area contributed by atoms with Crippen LogP contribution in [0.25, 0.3) is 0 Å². The molecular weight excluding hydrogens is 290 g/mol. The van der Waals surface area contributed by atoms with E-state index in [-0.39, 0.29) is 5.91 Å². The zero-order valence-corrected chi connectivity index (χ0v) is 12.8. The van der Waals surface area contributed by atoms with Crippen LogP contribution in [0.15, 0.2) is 53.4 Å². The van der Waals surface area contributed by atoms with Gasteiger partial charge in [-0.25, -0.2) is 0 Å². The highest BCUT2D eigenvalue weighted by atomic mass is 35.5. The maximum absolute atomic E-state index is 11.8. The van der Waals surface area contributed by atoms with Crippen molar-refractivity contribution in [3.8, 4) is 0 Å². The fraction of sp³-hybridized carbons (Fsp3) is 0.188. The van der Waals surface area contributed by atoms with Crippen LogP contribution in [0.3, 0.4) is 0 Å². The molecule has 0 saturated heterocycles. The van der Waals surface area contributed by atoms with Crippen LogP contribution in [0.1, 0.15) is 11.1 Å². The molecule has 0 heterocycles. The van der Waals surface area contributed by atoms with Crippen molar-refractivity contribution < 1.29 is 4.79 Å². The minimum atomic E-state index is 0.0122. The number of halogens is 1. The SMILES string of the molecule is Cc1ccccc1CNC(=O)CSc1ccccc1Cl. The van der Waals surface area contributed by atoms with Gasteiger partial charge in [0.1, 0.15) is 0 Å². The minimum absolute atomic E-state index is 0.0122. The van der Waals surface area contributed by atoms with Gasteiger partial charge in [0.25, 0.3) is 0 Å². The summed E-state index contributed by atoms with van der Waals surface area (Å²) in [6.45, 7) is 2.61. The minimum Gasteiger partial charge on any atom is -0.351 e. The normalized spacial score (nSPS) is 10.3. The highest BCUT2D eigenvalue weighted by Gasteiger charge is 2.06. The maximum atomic E-state index is 11.8. The molecule has 0 aliphatic carbocycles. The molecule has 0 saturated carbocycles. The van der Waals surface area contributed by atoms with Gasteiger partial charge in [0.05, 0.1) is 10.8 Å². The van der Waals surface area contributed by atoms with Crippen molar-refractivity contribution in [1.82, 2.24) is 5.32 Å². The average Bonchev–Trinajstić information content (AvgIpc) is 2.45. The number of amides is 1. The fourth-order valence-electron chi connectivity index (χ4n) is 1.76. The molecule has 2 nitrogen and oxygen atoms in total. The Morgan fingerprint density at radius 2 is 1.85 bits per heavy atom. The van der Waals surface area contributed by atoms with Crippen LogP contribution < -0.4 is 5.32 Å². The van der Waals surface area contributed by atoms with Gasteiger partial charge in [0, 0.05) is 11.4 Å². The Balaban J connectivity index is 1.82. The Kier molecular flexibility index (Phi) is 5.50. The summed E-state index contributed by atoms with van der Waals surface area (Å²) in [5, 5.41) is 3.61. The first-order valence-electron chi connectivity index (χ1n) is 6.35. The zero-order valence-electron chi connectivity index (χ0n) is 11.2. The molecule has 0 fully saturated rings. The van der Waals surface area contributed by atoms with Crippen LogP contribution in [-0.2, 0) is 11.3 Å². The second-order valence-corrected chi connectivity index (χ2v) is 5.85. The predicted molar refractivity (Wildman–Crippen MR) is 85.2 cm³/mol. The highest BCUT2D eigenvalue weighted by molar-refractivity contribution is 8.00. The zero-order chi connectivity index (χ0) is 14.4. The summed E-state index contributed by atoms with van der Waals surface area (Å²) in [5.74, 6) is 0.383. The van der Waals surface area contributed by atoms with E-state index in [4.69, 9.17) is 11.6 Å². The molecule has 0 bridgehead atoms. The van der Waals surface area contributed by atoms with Crippen molar-refractivity contribution in [2.24, 2.45) is 0 Å². The first kappa shape index (κ1) is 14.9. The molecule has 4 heteroatoms. The molecule has 1 N–H and O–H groups in total. The summed E-state index contributed by atoms with van der Waals surface area (Å²) in [6, 6.07) is 15.6. The Morgan fingerprint density at radius 1 is 1.15 bits per heavy atom. The molecule has 0 aliphatic heterocycles. The third-order valence-electron chi connectivity index (χ3n) is 2.93. The number of aryl methyl sites for hydroxylation is 1. The maximum Gasteiger partial charge on any atom is 0.230 e. The predicted octanol–water partition coefficient (Wildman–Crippen LogP) is 4.06.